The molecule has 2 rings (SSSR count). The van der Waals surface area contributed by atoms with Crippen LogP contribution in [0.1, 0.15) is 18.9 Å². The van der Waals surface area contributed by atoms with Gasteiger partial charge in [0.25, 0.3) is 5.91 Å². The molecule has 0 fully saturated rings. The van der Waals surface area contributed by atoms with Gasteiger partial charge in [0.2, 0.25) is 11.7 Å². The summed E-state index contributed by atoms with van der Waals surface area (Å²) in [6, 6.07) is 8.13. The fraction of sp³-hybridized carbons (Fsp3) is 0.250. The molecule has 1 aliphatic rings. The highest BCUT2D eigenvalue weighted by molar-refractivity contribution is 6.38. The van der Waals surface area contributed by atoms with Crippen molar-refractivity contribution in [2.45, 2.75) is 25.8 Å². The van der Waals surface area contributed by atoms with Crippen molar-refractivity contribution in [2.75, 3.05) is 0 Å². The molecule has 1 unspecified atom stereocenters. The number of nitrogens with zero attached hydrogens (tertiary/aromatic N) is 1. The maximum absolute atomic E-state index is 12.2. The molecule has 0 saturated heterocycles. The zero-order chi connectivity index (χ0) is 16.1. The topological polar surface area (TPSA) is 102 Å². The lowest BCUT2D eigenvalue weighted by Crippen LogP contribution is -2.47. The first-order valence-electron chi connectivity index (χ1n) is 6.88. The number of hydrogen-bond acceptors (Lipinski definition) is 4. The van der Waals surface area contributed by atoms with Gasteiger partial charge >= 0.3 is 0 Å². The van der Waals surface area contributed by atoms with E-state index in [9.17, 15) is 14.4 Å². The first-order chi connectivity index (χ1) is 10.5. The molecule has 1 aromatic rings. The minimum absolute atomic E-state index is 0.210. The normalized spacial score (nSPS) is 14.8. The van der Waals surface area contributed by atoms with Gasteiger partial charge in [-0.15, -0.1) is 0 Å². The quantitative estimate of drug-likeness (QED) is 0.748. The van der Waals surface area contributed by atoms with E-state index in [0.717, 1.165) is 11.3 Å². The molecule has 2 amide bonds. The molecule has 114 valence electrons. The van der Waals surface area contributed by atoms with E-state index in [2.05, 4.69) is 10.3 Å². The lowest BCUT2D eigenvalue weighted by Gasteiger charge is -2.16. The van der Waals surface area contributed by atoms with Crippen LogP contribution in [0.4, 0.5) is 0 Å². The Labute approximate surface area is 128 Å². The molecule has 1 heterocycles. The SMILES string of the molecule is CC1=NC=C(C(=O)NC(Cc2ccccc2)C(=O)C(N)=O)C1. The molecule has 1 atom stereocenters. The Bertz CT molecular complexity index is 662. The number of nitrogens with two attached hydrogens (primary N) is 1. The zero-order valence-corrected chi connectivity index (χ0v) is 12.2. The molecule has 3 N–H and O–H groups in total. The standard InChI is InChI=1S/C16H17N3O3/c1-10-7-12(9-18-10)16(22)19-13(14(20)15(17)21)8-11-5-3-2-4-6-11/h2-6,9,13H,7-8H2,1H3,(H2,17,21)(H,19,22). The fourth-order valence-corrected chi connectivity index (χ4v) is 2.18. The highest BCUT2D eigenvalue weighted by Gasteiger charge is 2.27. The minimum Gasteiger partial charge on any atom is -0.363 e. The van der Waals surface area contributed by atoms with Crippen molar-refractivity contribution in [1.82, 2.24) is 5.32 Å². The first kappa shape index (κ1) is 15.6. The number of primary amides is 1. The number of aliphatic imine (C=N–C) groups is 1. The van der Waals surface area contributed by atoms with Crippen LogP contribution in [0.15, 0.2) is 47.1 Å². The number of ketones is 1. The monoisotopic (exact) mass is 299 g/mol. The number of benzene rings is 1. The van der Waals surface area contributed by atoms with E-state index in [1.807, 2.05) is 37.3 Å². The van der Waals surface area contributed by atoms with E-state index in [0.29, 0.717) is 12.0 Å². The number of amides is 2. The molecule has 0 radical (unpaired) electrons. The van der Waals surface area contributed by atoms with Crippen LogP contribution in [-0.4, -0.2) is 29.4 Å². The number of carbonyl (C=O) groups is 3. The largest absolute Gasteiger partial charge is 0.363 e. The molecule has 6 nitrogen and oxygen atoms in total. The third-order valence-corrected chi connectivity index (χ3v) is 3.33. The minimum atomic E-state index is -1.06. The van der Waals surface area contributed by atoms with Crippen molar-refractivity contribution >= 4 is 23.3 Å². The Hall–Kier alpha value is -2.76. The van der Waals surface area contributed by atoms with E-state index in [4.69, 9.17) is 5.73 Å². The first-order valence-corrected chi connectivity index (χ1v) is 6.88. The van der Waals surface area contributed by atoms with Gasteiger partial charge in [-0.25, -0.2) is 0 Å². The Morgan fingerprint density at radius 3 is 2.50 bits per heavy atom. The summed E-state index contributed by atoms with van der Waals surface area (Å²) in [5, 5.41) is 2.58. The van der Waals surface area contributed by atoms with Crippen LogP contribution in [0.25, 0.3) is 0 Å². The van der Waals surface area contributed by atoms with Crippen LogP contribution < -0.4 is 11.1 Å². The molecule has 1 aliphatic heterocycles. The van der Waals surface area contributed by atoms with Crippen molar-refractivity contribution in [3.05, 3.63) is 47.7 Å². The van der Waals surface area contributed by atoms with Crippen LogP contribution in [-0.2, 0) is 20.8 Å². The molecule has 0 spiro atoms. The second kappa shape index (κ2) is 6.80. The predicted octanol–water partition coefficient (Wildman–Crippen LogP) is 0.517. The molecule has 0 aromatic heterocycles. The van der Waals surface area contributed by atoms with Crippen LogP contribution >= 0.6 is 0 Å². The van der Waals surface area contributed by atoms with E-state index < -0.39 is 23.6 Å². The Morgan fingerprint density at radius 2 is 1.95 bits per heavy atom. The predicted molar refractivity (Wildman–Crippen MR) is 82.1 cm³/mol. The third-order valence-electron chi connectivity index (χ3n) is 3.33. The Kier molecular flexibility index (Phi) is 4.83. The second-order valence-electron chi connectivity index (χ2n) is 5.14. The van der Waals surface area contributed by atoms with E-state index in [1.54, 1.807) is 0 Å². The highest BCUT2D eigenvalue weighted by Crippen LogP contribution is 2.12. The number of nitrogens with one attached hydrogen (secondary N) is 1. The summed E-state index contributed by atoms with van der Waals surface area (Å²) < 4.78 is 0. The summed E-state index contributed by atoms with van der Waals surface area (Å²) in [4.78, 5) is 39.3. The second-order valence-corrected chi connectivity index (χ2v) is 5.14. The summed E-state index contributed by atoms with van der Waals surface area (Å²) in [7, 11) is 0. The molecular formula is C16H17N3O3. The van der Waals surface area contributed by atoms with Crippen LogP contribution in [0, 0.1) is 0 Å². The summed E-state index contributed by atoms with van der Waals surface area (Å²) in [6.07, 6.45) is 2.12. The maximum atomic E-state index is 12.2. The van der Waals surface area contributed by atoms with Gasteiger partial charge in [0.1, 0.15) is 6.04 Å². The zero-order valence-electron chi connectivity index (χ0n) is 12.2. The van der Waals surface area contributed by atoms with Gasteiger partial charge in [0, 0.05) is 30.3 Å². The Morgan fingerprint density at radius 1 is 1.27 bits per heavy atom. The summed E-state index contributed by atoms with van der Waals surface area (Å²) >= 11 is 0. The van der Waals surface area contributed by atoms with Gasteiger partial charge in [-0.2, -0.15) is 0 Å². The van der Waals surface area contributed by atoms with E-state index >= 15 is 0 Å². The van der Waals surface area contributed by atoms with Gasteiger partial charge in [-0.1, -0.05) is 30.3 Å². The molecule has 0 aliphatic carbocycles. The average Bonchev–Trinajstić information content (AvgIpc) is 2.93. The van der Waals surface area contributed by atoms with Gasteiger partial charge in [0.15, 0.2) is 0 Å². The van der Waals surface area contributed by atoms with Gasteiger partial charge in [-0.05, 0) is 12.5 Å². The van der Waals surface area contributed by atoms with Crippen molar-refractivity contribution in [3.8, 4) is 0 Å². The summed E-state index contributed by atoms with van der Waals surface area (Å²) in [5.74, 6) is -2.28. The molecule has 22 heavy (non-hydrogen) atoms. The molecule has 6 heteroatoms. The number of Topliss-reactive ketones (excluding diaryl/α,β-unsaturated/α-hetero) is 1. The molecule has 1 aromatic carbocycles. The summed E-state index contributed by atoms with van der Waals surface area (Å²) in [6.45, 7) is 1.81. The molecule has 0 bridgehead atoms. The lowest BCUT2D eigenvalue weighted by molar-refractivity contribution is -0.138. The number of hydrogen-bond donors (Lipinski definition) is 2. The average molecular weight is 299 g/mol. The van der Waals surface area contributed by atoms with Gasteiger partial charge in [0.05, 0.1) is 0 Å². The van der Waals surface area contributed by atoms with Crippen molar-refractivity contribution in [1.29, 1.82) is 0 Å². The van der Waals surface area contributed by atoms with Crippen LogP contribution in [0.3, 0.4) is 0 Å². The molecule has 0 saturated carbocycles. The number of rotatable bonds is 6. The Balaban J connectivity index is 2.10. The smallest absolute Gasteiger partial charge is 0.287 e. The van der Waals surface area contributed by atoms with Crippen molar-refractivity contribution < 1.29 is 14.4 Å². The van der Waals surface area contributed by atoms with E-state index in [1.165, 1.54) is 6.20 Å². The fourth-order valence-electron chi connectivity index (χ4n) is 2.18. The summed E-state index contributed by atoms with van der Waals surface area (Å²) in [5.41, 5.74) is 7.18. The molecular weight excluding hydrogens is 282 g/mol. The number of carbonyl (C=O) groups excluding carboxylic acids is 3. The maximum Gasteiger partial charge on any atom is 0.287 e. The highest BCUT2D eigenvalue weighted by atomic mass is 16.2. The van der Waals surface area contributed by atoms with Crippen LogP contribution in [0.2, 0.25) is 0 Å². The van der Waals surface area contributed by atoms with Gasteiger partial charge < -0.3 is 11.1 Å². The van der Waals surface area contributed by atoms with E-state index in [-0.39, 0.29) is 6.42 Å². The van der Waals surface area contributed by atoms with Gasteiger partial charge in [-0.3, -0.25) is 19.4 Å². The van der Waals surface area contributed by atoms with Crippen molar-refractivity contribution in [2.24, 2.45) is 10.7 Å². The van der Waals surface area contributed by atoms with Crippen molar-refractivity contribution in [3.63, 3.8) is 0 Å². The van der Waals surface area contributed by atoms with Crippen LogP contribution in [0.5, 0.6) is 0 Å². The lowest BCUT2D eigenvalue weighted by atomic mass is 10.0. The third kappa shape index (κ3) is 3.88.